The number of carbonyl (C=O) groups is 1. The van der Waals surface area contributed by atoms with Gasteiger partial charge in [-0.1, -0.05) is 11.3 Å². The predicted molar refractivity (Wildman–Crippen MR) is 75.7 cm³/mol. The van der Waals surface area contributed by atoms with E-state index in [2.05, 4.69) is 35.6 Å². The van der Waals surface area contributed by atoms with E-state index in [-0.39, 0.29) is 11.3 Å². The van der Waals surface area contributed by atoms with Crippen LogP contribution >= 0.6 is 11.3 Å². The first-order valence-electron chi connectivity index (χ1n) is 6.34. The van der Waals surface area contributed by atoms with E-state index < -0.39 is 0 Å². The minimum Gasteiger partial charge on any atom is -0.346 e. The first kappa shape index (κ1) is 13.5. The highest BCUT2D eigenvalue weighted by molar-refractivity contribution is 7.17. The van der Waals surface area contributed by atoms with Gasteiger partial charge >= 0.3 is 0 Å². The maximum Gasteiger partial charge on any atom is 0.186 e. The molecule has 0 aromatic carbocycles. The zero-order valence-electron chi connectivity index (χ0n) is 11.6. The zero-order chi connectivity index (χ0) is 13.3. The van der Waals surface area contributed by atoms with Crippen LogP contribution in [0, 0.1) is 0 Å². The minimum atomic E-state index is 0.104. The summed E-state index contributed by atoms with van der Waals surface area (Å²) in [6.45, 7) is 12.4. The smallest absolute Gasteiger partial charge is 0.186 e. The van der Waals surface area contributed by atoms with Crippen molar-refractivity contribution >= 4 is 22.3 Å². The monoisotopic (exact) mass is 267 g/mol. The average Bonchev–Trinajstić information content (AvgIpc) is 2.77. The second-order valence-electron chi connectivity index (χ2n) is 5.71. The average molecular weight is 267 g/mol. The highest BCUT2D eigenvalue weighted by Gasteiger charge is 2.26. The molecule has 0 spiro atoms. The number of thiazole rings is 1. The van der Waals surface area contributed by atoms with E-state index in [4.69, 9.17) is 0 Å². The van der Waals surface area contributed by atoms with Crippen molar-refractivity contribution in [2.24, 2.45) is 0 Å². The van der Waals surface area contributed by atoms with E-state index in [1.54, 1.807) is 13.1 Å². The number of ketones is 1. The fraction of sp³-hybridized carbons (Fsp3) is 0.692. The van der Waals surface area contributed by atoms with Gasteiger partial charge in [0, 0.05) is 38.6 Å². The normalized spacial score (nSPS) is 18.1. The van der Waals surface area contributed by atoms with Gasteiger partial charge in [-0.2, -0.15) is 0 Å². The van der Waals surface area contributed by atoms with Crippen molar-refractivity contribution in [3.05, 3.63) is 11.1 Å². The highest BCUT2D eigenvalue weighted by atomic mass is 32.1. The molecular weight excluding hydrogens is 246 g/mol. The largest absolute Gasteiger partial charge is 0.346 e. The van der Waals surface area contributed by atoms with Gasteiger partial charge in [-0.15, -0.1) is 0 Å². The number of hydrogen-bond acceptors (Lipinski definition) is 5. The molecule has 1 saturated heterocycles. The molecule has 1 aromatic heterocycles. The molecule has 1 aliphatic heterocycles. The summed E-state index contributed by atoms with van der Waals surface area (Å²) in [6, 6.07) is 0. The van der Waals surface area contributed by atoms with Gasteiger partial charge in [-0.05, 0) is 20.8 Å². The summed E-state index contributed by atoms with van der Waals surface area (Å²) in [6.07, 6.45) is 1.69. The molecule has 0 radical (unpaired) electrons. The summed E-state index contributed by atoms with van der Waals surface area (Å²) < 4.78 is 0. The maximum atomic E-state index is 11.3. The second-order valence-corrected chi connectivity index (χ2v) is 6.72. The Labute approximate surface area is 113 Å². The van der Waals surface area contributed by atoms with Gasteiger partial charge < -0.3 is 4.90 Å². The molecule has 0 atom stereocenters. The number of hydrogen-bond donors (Lipinski definition) is 0. The number of aromatic nitrogens is 1. The highest BCUT2D eigenvalue weighted by Crippen LogP contribution is 2.25. The van der Waals surface area contributed by atoms with Crippen molar-refractivity contribution in [3.8, 4) is 0 Å². The molecule has 4 nitrogen and oxygen atoms in total. The summed E-state index contributed by atoms with van der Waals surface area (Å²) in [4.78, 5) is 21.1. The molecule has 2 rings (SSSR count). The minimum absolute atomic E-state index is 0.104. The van der Waals surface area contributed by atoms with Crippen LogP contribution in [0.25, 0.3) is 0 Å². The van der Waals surface area contributed by atoms with E-state index in [1.165, 1.54) is 11.3 Å². The van der Waals surface area contributed by atoms with Crippen LogP contribution in [0.15, 0.2) is 6.20 Å². The van der Waals surface area contributed by atoms with E-state index in [0.29, 0.717) is 0 Å². The van der Waals surface area contributed by atoms with Crippen LogP contribution in [-0.4, -0.2) is 47.4 Å². The van der Waals surface area contributed by atoms with Crippen molar-refractivity contribution in [1.82, 2.24) is 9.88 Å². The topological polar surface area (TPSA) is 36.4 Å². The van der Waals surface area contributed by atoms with Crippen LogP contribution < -0.4 is 4.90 Å². The lowest BCUT2D eigenvalue weighted by atomic mass is 10.1. The molecule has 1 fully saturated rings. The molecule has 2 heterocycles. The Kier molecular flexibility index (Phi) is 3.73. The maximum absolute atomic E-state index is 11.3. The molecule has 18 heavy (non-hydrogen) atoms. The Morgan fingerprint density at radius 2 is 1.89 bits per heavy atom. The number of anilines is 1. The number of piperazine rings is 1. The van der Waals surface area contributed by atoms with E-state index in [1.807, 2.05) is 0 Å². The van der Waals surface area contributed by atoms with Crippen LogP contribution in [0.1, 0.15) is 37.4 Å². The molecule has 0 saturated carbocycles. The van der Waals surface area contributed by atoms with Crippen LogP contribution in [-0.2, 0) is 0 Å². The van der Waals surface area contributed by atoms with E-state index in [9.17, 15) is 4.79 Å². The molecule has 0 unspecified atom stereocenters. The summed E-state index contributed by atoms with van der Waals surface area (Å²) >= 11 is 1.50. The van der Waals surface area contributed by atoms with Crippen molar-refractivity contribution in [3.63, 3.8) is 0 Å². The lowest BCUT2D eigenvalue weighted by molar-refractivity contribution is 0.102. The van der Waals surface area contributed by atoms with Crippen molar-refractivity contribution in [2.45, 2.75) is 33.2 Å². The van der Waals surface area contributed by atoms with Gasteiger partial charge in [0.15, 0.2) is 10.9 Å². The van der Waals surface area contributed by atoms with Gasteiger partial charge in [-0.3, -0.25) is 9.69 Å². The third kappa shape index (κ3) is 2.90. The first-order valence-corrected chi connectivity index (χ1v) is 7.16. The van der Waals surface area contributed by atoms with Crippen LogP contribution in [0.4, 0.5) is 5.13 Å². The molecule has 0 aliphatic carbocycles. The first-order chi connectivity index (χ1) is 8.38. The van der Waals surface area contributed by atoms with Crippen molar-refractivity contribution in [2.75, 3.05) is 31.1 Å². The SMILES string of the molecule is CC(=O)c1cnc(N2CCN(C(C)(C)C)CC2)s1. The van der Waals surface area contributed by atoms with Gasteiger partial charge in [0.2, 0.25) is 0 Å². The van der Waals surface area contributed by atoms with Crippen molar-refractivity contribution < 1.29 is 4.79 Å². The number of Topliss-reactive ketones (excluding diaryl/α,β-unsaturated/α-hetero) is 1. The molecule has 1 aromatic rings. The molecule has 5 heteroatoms. The van der Waals surface area contributed by atoms with Crippen LogP contribution in [0.3, 0.4) is 0 Å². The van der Waals surface area contributed by atoms with Crippen LogP contribution in [0.2, 0.25) is 0 Å². The molecule has 1 aliphatic rings. The van der Waals surface area contributed by atoms with E-state index >= 15 is 0 Å². The Morgan fingerprint density at radius 3 is 2.33 bits per heavy atom. The van der Waals surface area contributed by atoms with Crippen LogP contribution in [0.5, 0.6) is 0 Å². The number of rotatable bonds is 2. The Morgan fingerprint density at radius 1 is 1.28 bits per heavy atom. The Hall–Kier alpha value is -0.940. The van der Waals surface area contributed by atoms with E-state index in [0.717, 1.165) is 36.2 Å². The summed E-state index contributed by atoms with van der Waals surface area (Å²) in [5.74, 6) is 0.104. The predicted octanol–water partition coefficient (Wildman–Crippen LogP) is 2.27. The lowest BCUT2D eigenvalue weighted by Gasteiger charge is -2.42. The fourth-order valence-corrected chi connectivity index (χ4v) is 3.01. The molecule has 0 bridgehead atoms. The zero-order valence-corrected chi connectivity index (χ0v) is 12.4. The molecular formula is C13H21N3OS. The molecule has 100 valence electrons. The number of carbonyl (C=O) groups excluding carboxylic acids is 1. The van der Waals surface area contributed by atoms with Gasteiger partial charge in [-0.25, -0.2) is 4.98 Å². The molecule has 0 amide bonds. The van der Waals surface area contributed by atoms with Gasteiger partial charge in [0.05, 0.1) is 11.1 Å². The summed E-state index contributed by atoms with van der Waals surface area (Å²) in [5.41, 5.74) is 0.236. The Balaban J connectivity index is 1.99. The summed E-state index contributed by atoms with van der Waals surface area (Å²) in [7, 11) is 0. The second kappa shape index (κ2) is 4.97. The standard InChI is InChI=1S/C13H21N3OS/c1-10(17)11-9-14-12(18-11)15-5-7-16(8-6-15)13(2,3)4/h9H,5-8H2,1-4H3. The number of nitrogens with zero attached hydrogens (tertiary/aromatic N) is 3. The third-order valence-electron chi connectivity index (χ3n) is 3.34. The summed E-state index contributed by atoms with van der Waals surface area (Å²) in [5, 5.41) is 0.980. The third-order valence-corrected chi connectivity index (χ3v) is 4.50. The van der Waals surface area contributed by atoms with Crippen molar-refractivity contribution in [1.29, 1.82) is 0 Å². The van der Waals surface area contributed by atoms with Gasteiger partial charge in [0.1, 0.15) is 0 Å². The Bertz CT molecular complexity index is 428. The molecule has 0 N–H and O–H groups in total. The quantitative estimate of drug-likeness (QED) is 0.770. The lowest BCUT2D eigenvalue weighted by Crippen LogP contribution is -2.53. The fourth-order valence-electron chi connectivity index (χ4n) is 2.14. The van der Waals surface area contributed by atoms with Gasteiger partial charge in [0.25, 0.3) is 0 Å².